The number of carbonyl (C=O) groups is 4. The summed E-state index contributed by atoms with van der Waals surface area (Å²) in [7, 11) is 1.19. The summed E-state index contributed by atoms with van der Waals surface area (Å²) >= 11 is 0. The number of carboxylic acids is 1. The van der Waals surface area contributed by atoms with Gasteiger partial charge >= 0.3 is 30.1 Å². The van der Waals surface area contributed by atoms with Gasteiger partial charge in [0.05, 0.1) is 18.2 Å². The second-order valence-corrected chi connectivity index (χ2v) is 13.0. The molecule has 4 rings (SSSR count). The van der Waals surface area contributed by atoms with Crippen LogP contribution in [0.4, 0.5) is 13.2 Å². The van der Waals surface area contributed by atoms with E-state index in [1.165, 1.54) is 53.9 Å². The fourth-order valence-electron chi connectivity index (χ4n) is 6.41. The van der Waals surface area contributed by atoms with Crippen LogP contribution in [0.5, 0.6) is 34.5 Å². The lowest BCUT2D eigenvalue weighted by Gasteiger charge is -2.22. The topological polar surface area (TPSA) is 166 Å². The van der Waals surface area contributed by atoms with Gasteiger partial charge in [-0.25, -0.2) is 19.2 Å². The van der Waals surface area contributed by atoms with Crippen molar-refractivity contribution in [2.45, 2.75) is 75.4 Å². The number of alkyl halides is 3. The van der Waals surface area contributed by atoms with Crippen molar-refractivity contribution in [2.75, 3.05) is 7.11 Å². The molecular weight excluding hydrogens is 713 g/mol. The van der Waals surface area contributed by atoms with Crippen molar-refractivity contribution in [2.24, 2.45) is 0 Å². The van der Waals surface area contributed by atoms with Crippen molar-refractivity contribution >= 4 is 23.9 Å². The molecule has 0 aliphatic carbocycles. The highest BCUT2D eigenvalue weighted by atomic mass is 19.4. The summed E-state index contributed by atoms with van der Waals surface area (Å²) in [6.07, 6.45) is -5.33. The van der Waals surface area contributed by atoms with E-state index in [-0.39, 0.29) is 67.5 Å². The zero-order valence-corrected chi connectivity index (χ0v) is 31.5. The van der Waals surface area contributed by atoms with E-state index < -0.39 is 52.7 Å². The largest absolute Gasteiger partial charge is 0.508 e. The normalized spacial score (nSPS) is 11.3. The molecular formula is C40H39F3O11. The number of esters is 3. The van der Waals surface area contributed by atoms with Crippen LogP contribution < -0.4 is 18.9 Å². The maximum atomic E-state index is 14.6. The Kier molecular flexibility index (Phi) is 11.1. The lowest BCUT2D eigenvalue weighted by molar-refractivity contribution is -0.139. The molecule has 0 aliphatic heterocycles. The quantitative estimate of drug-likeness (QED) is 0.117. The number of benzene rings is 4. The van der Waals surface area contributed by atoms with Crippen molar-refractivity contribution in [3.05, 3.63) is 102 Å². The molecule has 286 valence electrons. The second-order valence-electron chi connectivity index (χ2n) is 13.0. The van der Waals surface area contributed by atoms with Crippen molar-refractivity contribution in [1.82, 2.24) is 0 Å². The molecule has 0 amide bonds. The number of aromatic hydroxyl groups is 2. The minimum absolute atomic E-state index is 0.110. The number of rotatable bonds is 8. The molecule has 0 radical (unpaired) electrons. The van der Waals surface area contributed by atoms with Crippen molar-refractivity contribution in [3.8, 4) is 34.5 Å². The van der Waals surface area contributed by atoms with Crippen LogP contribution >= 0.6 is 0 Å². The number of methoxy groups -OCH3 is 1. The summed E-state index contributed by atoms with van der Waals surface area (Å²) in [4.78, 5) is 52.3. The lowest BCUT2D eigenvalue weighted by atomic mass is 9.93. The maximum Gasteiger partial charge on any atom is 0.423 e. The van der Waals surface area contributed by atoms with Gasteiger partial charge in [-0.2, -0.15) is 13.2 Å². The van der Waals surface area contributed by atoms with Crippen molar-refractivity contribution in [3.63, 3.8) is 0 Å². The zero-order chi connectivity index (χ0) is 40.9. The number of carbonyl (C=O) groups excluding carboxylic acids is 3. The van der Waals surface area contributed by atoms with Gasteiger partial charge in [-0.15, -0.1) is 0 Å². The third-order valence-corrected chi connectivity index (χ3v) is 9.79. The monoisotopic (exact) mass is 752 g/mol. The molecule has 0 saturated carbocycles. The van der Waals surface area contributed by atoms with Gasteiger partial charge in [-0.05, 0) is 137 Å². The Hall–Kier alpha value is -6.05. The summed E-state index contributed by atoms with van der Waals surface area (Å²) in [6.45, 7) is 14.9. The Balaban J connectivity index is 1.75. The van der Waals surface area contributed by atoms with Gasteiger partial charge in [0.15, 0.2) is 0 Å². The first-order valence-electron chi connectivity index (χ1n) is 16.4. The molecule has 54 heavy (non-hydrogen) atoms. The molecule has 0 saturated heterocycles. The van der Waals surface area contributed by atoms with Crippen LogP contribution in [0.25, 0.3) is 0 Å². The summed E-state index contributed by atoms with van der Waals surface area (Å²) in [5.41, 5.74) is -0.377. The van der Waals surface area contributed by atoms with E-state index in [9.17, 15) is 47.7 Å². The van der Waals surface area contributed by atoms with Crippen LogP contribution in [0.2, 0.25) is 0 Å². The van der Waals surface area contributed by atoms with Crippen LogP contribution in [-0.2, 0) is 6.18 Å². The Bertz CT molecular complexity index is 2260. The van der Waals surface area contributed by atoms with E-state index in [2.05, 4.69) is 0 Å². The Labute approximate surface area is 308 Å². The number of aromatic carboxylic acids is 1. The van der Waals surface area contributed by atoms with Gasteiger partial charge in [0.25, 0.3) is 0 Å². The van der Waals surface area contributed by atoms with Crippen LogP contribution in [0, 0.1) is 69.2 Å². The van der Waals surface area contributed by atoms with Crippen LogP contribution in [0.3, 0.4) is 0 Å². The fourth-order valence-corrected chi connectivity index (χ4v) is 6.41. The molecule has 4 aromatic rings. The summed E-state index contributed by atoms with van der Waals surface area (Å²) in [5.74, 6) is -7.47. The number of hydrogen-bond acceptors (Lipinski definition) is 10. The Morgan fingerprint density at radius 3 is 1.50 bits per heavy atom. The first-order chi connectivity index (χ1) is 25.0. The molecule has 0 aliphatic rings. The van der Waals surface area contributed by atoms with Gasteiger partial charge < -0.3 is 34.3 Å². The third kappa shape index (κ3) is 7.15. The fraction of sp³-hybridized carbons (Fsp3) is 0.300. The zero-order valence-electron chi connectivity index (χ0n) is 31.5. The van der Waals surface area contributed by atoms with Crippen LogP contribution in [0.15, 0.2) is 18.2 Å². The molecule has 3 N–H and O–H groups in total. The number of hydrogen-bond donors (Lipinski definition) is 3. The van der Waals surface area contributed by atoms with Crippen molar-refractivity contribution < 1.29 is 66.6 Å². The predicted octanol–water partition coefficient (Wildman–Crippen LogP) is 8.57. The SMILES string of the molecule is COc1cc(O)cc(C)c1C(=O)Oc1c(C)c(C)c(C(=O)Oc2cc(C)c(C(=O)Oc3c(C)c(C)c(C(=O)O)c(C)c3C)c(C)c2C)c(O)c1C(F)(F)F. The third-order valence-electron chi connectivity index (χ3n) is 9.79. The van der Waals surface area contributed by atoms with Gasteiger partial charge in [0.2, 0.25) is 0 Å². The van der Waals surface area contributed by atoms with E-state index in [4.69, 9.17) is 18.9 Å². The molecule has 0 spiro atoms. The van der Waals surface area contributed by atoms with Crippen molar-refractivity contribution in [1.29, 1.82) is 0 Å². The summed E-state index contributed by atoms with van der Waals surface area (Å²) in [6, 6.07) is 3.59. The second kappa shape index (κ2) is 14.8. The molecule has 4 aromatic carbocycles. The van der Waals surface area contributed by atoms with E-state index in [1.807, 2.05) is 0 Å². The first kappa shape index (κ1) is 40.7. The first-order valence-corrected chi connectivity index (χ1v) is 16.4. The number of phenolic OH excluding ortho intramolecular Hbond substituents is 2. The van der Waals surface area contributed by atoms with Crippen LogP contribution in [-0.4, -0.2) is 46.3 Å². The van der Waals surface area contributed by atoms with Gasteiger partial charge in [0, 0.05) is 6.07 Å². The van der Waals surface area contributed by atoms with Gasteiger partial charge in [-0.1, -0.05) is 0 Å². The van der Waals surface area contributed by atoms with Gasteiger partial charge in [-0.3, -0.25) is 0 Å². The van der Waals surface area contributed by atoms with Gasteiger partial charge in [0.1, 0.15) is 51.2 Å². The molecule has 0 atom stereocenters. The molecule has 14 heteroatoms. The van der Waals surface area contributed by atoms with E-state index >= 15 is 0 Å². The highest BCUT2D eigenvalue weighted by Gasteiger charge is 2.43. The number of carboxylic acid groups (broad SMARTS) is 1. The number of halogens is 3. The molecule has 0 aromatic heterocycles. The number of ether oxygens (including phenoxy) is 4. The molecule has 0 bridgehead atoms. The Morgan fingerprint density at radius 1 is 0.537 bits per heavy atom. The molecule has 0 unspecified atom stereocenters. The summed E-state index contributed by atoms with van der Waals surface area (Å²) < 4.78 is 65.5. The molecule has 0 heterocycles. The summed E-state index contributed by atoms with van der Waals surface area (Å²) in [5, 5.41) is 30.6. The van der Waals surface area contributed by atoms with E-state index in [0.717, 1.165) is 6.07 Å². The highest BCUT2D eigenvalue weighted by Crippen LogP contribution is 2.48. The number of phenols is 2. The number of aryl methyl sites for hydroxylation is 2. The Morgan fingerprint density at radius 2 is 0.981 bits per heavy atom. The predicted molar refractivity (Wildman–Crippen MR) is 190 cm³/mol. The standard InChI is InChI=1S/C40H39F3O11/c1-15-12-25(44)14-27(51-11)29(15)38(49)54-35-24(10)21(7)31(33(45)32(35)40(41,42)43)39(50)52-26-13-16(2)28(18(4)17(26)3)37(48)53-34-22(8)19(5)30(36(46)47)20(6)23(34)9/h12-14,44-45H,1-11H3,(H,46,47). The lowest BCUT2D eigenvalue weighted by Crippen LogP contribution is -2.21. The van der Waals surface area contributed by atoms with Crippen LogP contribution in [0.1, 0.15) is 103 Å². The average Bonchev–Trinajstić information content (AvgIpc) is 3.05. The highest BCUT2D eigenvalue weighted by molar-refractivity contribution is 6.00. The smallest absolute Gasteiger partial charge is 0.423 e. The average molecular weight is 753 g/mol. The van der Waals surface area contributed by atoms with E-state index in [0.29, 0.717) is 27.8 Å². The maximum absolute atomic E-state index is 14.6. The minimum atomic E-state index is -5.33. The molecule has 0 fully saturated rings. The molecule has 11 nitrogen and oxygen atoms in total. The van der Waals surface area contributed by atoms with E-state index in [1.54, 1.807) is 34.6 Å². The minimum Gasteiger partial charge on any atom is -0.508 e.